The number of amides is 1. The molecule has 7 atom stereocenters. The average molecular weight is 420 g/mol. The third-order valence-electron chi connectivity index (χ3n) is 9.97. The van der Waals surface area contributed by atoms with Gasteiger partial charge in [0.2, 0.25) is 5.91 Å². The number of nitrogens with zero attached hydrogens (tertiary/aromatic N) is 4. The lowest BCUT2D eigenvalue weighted by Crippen LogP contribution is -2.59. The van der Waals surface area contributed by atoms with Gasteiger partial charge in [-0.3, -0.25) is 4.79 Å². The van der Waals surface area contributed by atoms with Gasteiger partial charge >= 0.3 is 0 Å². The molecule has 6 heteroatoms. The van der Waals surface area contributed by atoms with Crippen LogP contribution in [0.4, 0.5) is 0 Å². The van der Waals surface area contributed by atoms with Crippen molar-refractivity contribution in [3.63, 3.8) is 0 Å². The number of carbonyl (C=O) groups excluding carboxylic acids is 1. The second-order valence-corrected chi connectivity index (χ2v) is 11.1. The first kappa shape index (κ1) is 19.4. The summed E-state index contributed by atoms with van der Waals surface area (Å²) in [5.74, 6) is 4.17. The smallest absolute Gasteiger partial charge is 0.246 e. The molecule has 0 bridgehead atoms. The lowest BCUT2D eigenvalue weighted by atomic mass is 9.47. The van der Waals surface area contributed by atoms with E-state index in [4.69, 9.17) is 4.98 Å². The van der Waals surface area contributed by atoms with Gasteiger partial charge in [-0.25, -0.2) is 15.0 Å². The highest BCUT2D eigenvalue weighted by molar-refractivity contribution is 5.89. The quantitative estimate of drug-likeness (QED) is 0.793. The molecule has 0 saturated heterocycles. The maximum Gasteiger partial charge on any atom is 0.246 e. The summed E-state index contributed by atoms with van der Waals surface area (Å²) in [6.07, 6.45) is 16.1. The molecule has 3 heterocycles. The largest absolute Gasteiger partial charge is 0.339 e. The molecule has 31 heavy (non-hydrogen) atoms. The number of hydrogen-bond donors (Lipinski definition) is 1. The highest BCUT2D eigenvalue weighted by atomic mass is 16.2. The third kappa shape index (κ3) is 2.69. The van der Waals surface area contributed by atoms with Crippen molar-refractivity contribution in [1.82, 2.24) is 24.8 Å². The second-order valence-electron chi connectivity index (χ2n) is 11.1. The Bertz CT molecular complexity index is 1030. The zero-order valence-electron chi connectivity index (χ0n) is 18.8. The Kier molecular flexibility index (Phi) is 4.16. The van der Waals surface area contributed by atoms with Crippen molar-refractivity contribution >= 4 is 17.1 Å². The fraction of sp³-hybridized carbons (Fsp3) is 0.680. The Morgan fingerprint density at radius 1 is 1.16 bits per heavy atom. The summed E-state index contributed by atoms with van der Waals surface area (Å²) < 4.78 is 0. The van der Waals surface area contributed by atoms with E-state index in [-0.39, 0.29) is 11.3 Å². The first-order chi connectivity index (χ1) is 14.9. The summed E-state index contributed by atoms with van der Waals surface area (Å²) in [5.41, 5.74) is 2.23. The van der Waals surface area contributed by atoms with Gasteiger partial charge in [-0.15, -0.1) is 0 Å². The molecule has 3 fully saturated rings. The molecular formula is C25H33N5O. The van der Waals surface area contributed by atoms with Gasteiger partial charge in [0.15, 0.2) is 5.65 Å². The van der Waals surface area contributed by atoms with Gasteiger partial charge in [-0.2, -0.15) is 0 Å². The minimum atomic E-state index is 0.127. The second kappa shape index (κ2) is 6.63. The van der Waals surface area contributed by atoms with E-state index in [1.807, 2.05) is 24.2 Å². The van der Waals surface area contributed by atoms with Crippen LogP contribution < -0.4 is 0 Å². The minimum absolute atomic E-state index is 0.127. The topological polar surface area (TPSA) is 74.8 Å². The van der Waals surface area contributed by atoms with E-state index >= 15 is 0 Å². The Morgan fingerprint density at radius 2 is 2.03 bits per heavy atom. The summed E-state index contributed by atoms with van der Waals surface area (Å²) in [6, 6.07) is 0.365. The number of carbonyl (C=O) groups is 1. The van der Waals surface area contributed by atoms with Crippen molar-refractivity contribution < 1.29 is 4.79 Å². The lowest BCUT2D eigenvalue weighted by Gasteiger charge is -2.60. The summed E-state index contributed by atoms with van der Waals surface area (Å²) >= 11 is 0. The van der Waals surface area contributed by atoms with Gasteiger partial charge in [0.05, 0.1) is 6.20 Å². The Hall–Kier alpha value is -2.24. The Balaban J connectivity index is 1.26. The fourth-order valence-electron chi connectivity index (χ4n) is 8.32. The standard InChI is InChI=1S/C25H33N5O/c1-24-10-8-18-16(5-7-20-25(18,2)11-9-22(31)30(20)3)17(24)6-4-15(24)12-21-28-19-13-26-14-27-23(19)29-21/h9,11,13-18,20H,4-8,10,12H2,1-3H3,(H,26,27,28,29)/t15?,16-,17-,18+,20?,24+,25+/m0/s1. The molecular weight excluding hydrogens is 386 g/mol. The monoisotopic (exact) mass is 419 g/mol. The molecule has 0 spiro atoms. The molecule has 3 aliphatic carbocycles. The number of aromatic nitrogens is 4. The number of likely N-dealkylation sites (N-methyl/N-ethyl adjacent to an activating group) is 1. The van der Waals surface area contributed by atoms with Crippen LogP contribution in [-0.2, 0) is 11.2 Å². The van der Waals surface area contributed by atoms with E-state index in [1.54, 1.807) is 6.33 Å². The molecule has 4 aliphatic rings. The van der Waals surface area contributed by atoms with Gasteiger partial charge in [0, 0.05) is 24.9 Å². The summed E-state index contributed by atoms with van der Waals surface area (Å²) in [5, 5.41) is 0. The van der Waals surface area contributed by atoms with Crippen molar-refractivity contribution in [1.29, 1.82) is 0 Å². The first-order valence-corrected chi connectivity index (χ1v) is 12.0. The van der Waals surface area contributed by atoms with Crippen molar-refractivity contribution in [2.75, 3.05) is 7.05 Å². The molecule has 0 radical (unpaired) electrons. The van der Waals surface area contributed by atoms with Crippen LogP contribution in [0.25, 0.3) is 11.2 Å². The van der Waals surface area contributed by atoms with E-state index in [9.17, 15) is 4.79 Å². The zero-order valence-corrected chi connectivity index (χ0v) is 18.8. The van der Waals surface area contributed by atoms with Crippen LogP contribution in [0, 0.1) is 34.5 Å². The van der Waals surface area contributed by atoms with Crippen LogP contribution in [-0.4, -0.2) is 43.8 Å². The van der Waals surface area contributed by atoms with E-state index in [0.29, 0.717) is 23.3 Å². The minimum Gasteiger partial charge on any atom is -0.339 e. The molecule has 2 aromatic rings. The molecule has 6 rings (SSSR count). The van der Waals surface area contributed by atoms with Crippen LogP contribution in [0.1, 0.15) is 58.2 Å². The van der Waals surface area contributed by atoms with Gasteiger partial charge in [0.1, 0.15) is 17.7 Å². The molecule has 3 saturated carbocycles. The summed E-state index contributed by atoms with van der Waals surface area (Å²) in [7, 11) is 2.01. The van der Waals surface area contributed by atoms with Crippen LogP contribution in [0.3, 0.4) is 0 Å². The molecule has 1 N–H and O–H groups in total. The number of aromatic amines is 1. The predicted molar refractivity (Wildman–Crippen MR) is 119 cm³/mol. The van der Waals surface area contributed by atoms with E-state index in [1.165, 1.54) is 32.1 Å². The molecule has 1 amide bonds. The first-order valence-electron chi connectivity index (χ1n) is 12.0. The summed E-state index contributed by atoms with van der Waals surface area (Å²) in [4.78, 5) is 30.9. The molecule has 2 unspecified atom stereocenters. The average Bonchev–Trinajstić information content (AvgIpc) is 3.32. The number of H-pyrrole nitrogens is 1. The SMILES string of the molecule is CN1C(=O)C=C[C@@]2(C)C1CC[C@@H]1[C@H]2CC[C@]2(C)C(Cc3nc4ncncc4[nH]3)CC[C@@H]12. The van der Waals surface area contributed by atoms with Crippen LogP contribution >= 0.6 is 0 Å². The number of fused-ring (bicyclic) bond motifs is 6. The highest BCUT2D eigenvalue weighted by Gasteiger charge is 2.60. The van der Waals surface area contributed by atoms with Gasteiger partial charge in [0.25, 0.3) is 0 Å². The molecule has 164 valence electrons. The van der Waals surface area contributed by atoms with Crippen molar-refractivity contribution in [3.05, 3.63) is 30.5 Å². The van der Waals surface area contributed by atoms with Crippen molar-refractivity contribution in [2.24, 2.45) is 34.5 Å². The van der Waals surface area contributed by atoms with Crippen molar-refractivity contribution in [3.8, 4) is 0 Å². The van der Waals surface area contributed by atoms with Crippen molar-refractivity contribution in [2.45, 2.75) is 64.8 Å². The number of hydrogen-bond acceptors (Lipinski definition) is 4. The van der Waals surface area contributed by atoms with Crippen LogP contribution in [0.2, 0.25) is 0 Å². The highest BCUT2D eigenvalue weighted by Crippen LogP contribution is 2.65. The number of nitrogens with one attached hydrogen (secondary N) is 1. The Morgan fingerprint density at radius 3 is 2.87 bits per heavy atom. The van der Waals surface area contributed by atoms with Gasteiger partial charge < -0.3 is 9.88 Å². The maximum absolute atomic E-state index is 12.3. The normalized spacial score (nSPS) is 41.8. The molecule has 2 aromatic heterocycles. The van der Waals surface area contributed by atoms with Crippen LogP contribution in [0.5, 0.6) is 0 Å². The number of rotatable bonds is 2. The third-order valence-corrected chi connectivity index (χ3v) is 9.97. The van der Waals surface area contributed by atoms with E-state index in [2.05, 4.69) is 34.9 Å². The zero-order chi connectivity index (χ0) is 21.4. The molecule has 1 aliphatic heterocycles. The maximum atomic E-state index is 12.3. The lowest BCUT2D eigenvalue weighted by molar-refractivity contribution is -0.138. The van der Waals surface area contributed by atoms with E-state index < -0.39 is 0 Å². The fourth-order valence-corrected chi connectivity index (χ4v) is 8.32. The predicted octanol–water partition coefficient (Wildman–Crippen LogP) is 4.15. The molecule has 0 aromatic carbocycles. The van der Waals surface area contributed by atoms with Gasteiger partial charge in [-0.1, -0.05) is 19.9 Å². The van der Waals surface area contributed by atoms with E-state index in [0.717, 1.165) is 41.7 Å². The van der Waals surface area contributed by atoms with Crippen LogP contribution in [0.15, 0.2) is 24.7 Å². The Labute approximate surface area is 183 Å². The van der Waals surface area contributed by atoms with Gasteiger partial charge in [-0.05, 0) is 73.7 Å². The number of imidazole rings is 1. The summed E-state index contributed by atoms with van der Waals surface area (Å²) in [6.45, 7) is 4.99. The molecule has 6 nitrogen and oxygen atoms in total.